The van der Waals surface area contributed by atoms with Gasteiger partial charge < -0.3 is 4.74 Å². The summed E-state index contributed by atoms with van der Waals surface area (Å²) < 4.78 is 30.5. The second-order valence-electron chi connectivity index (χ2n) is 6.10. The molecule has 0 aliphatic heterocycles. The first-order chi connectivity index (χ1) is 9.92. The lowest BCUT2D eigenvalue weighted by Crippen LogP contribution is -2.35. The monoisotopic (exact) mass is 327 g/mol. The predicted molar refractivity (Wildman–Crippen MR) is 83.1 cm³/mol. The first-order valence-corrected chi connectivity index (χ1v) is 8.36. The molecule has 122 valence electrons. The van der Waals surface area contributed by atoms with E-state index in [9.17, 15) is 18.0 Å². The largest absolute Gasteiger partial charge is 0.456 e. The minimum atomic E-state index is -3.69. The molecule has 0 fully saturated rings. The average molecular weight is 327 g/mol. The summed E-state index contributed by atoms with van der Waals surface area (Å²) >= 11 is 0. The molecule has 1 amide bonds. The molecule has 0 spiro atoms. The predicted octanol–water partition coefficient (Wildman–Crippen LogP) is 2.11. The number of benzene rings is 1. The van der Waals surface area contributed by atoms with Crippen molar-refractivity contribution in [3.63, 3.8) is 0 Å². The van der Waals surface area contributed by atoms with E-state index < -0.39 is 32.8 Å². The molecule has 0 unspecified atom stereocenters. The molecule has 1 N–H and O–H groups in total. The minimum Gasteiger partial charge on any atom is -0.456 e. The van der Waals surface area contributed by atoms with Gasteiger partial charge in [0.2, 0.25) is 10.0 Å². The topological polar surface area (TPSA) is 89.5 Å². The third-order valence-corrected chi connectivity index (χ3v) is 4.35. The van der Waals surface area contributed by atoms with Crippen LogP contribution in [0.1, 0.15) is 55.3 Å². The zero-order valence-corrected chi connectivity index (χ0v) is 14.2. The van der Waals surface area contributed by atoms with Crippen molar-refractivity contribution in [2.24, 2.45) is 0 Å². The first kappa shape index (κ1) is 18.2. The van der Waals surface area contributed by atoms with Crippen LogP contribution >= 0.6 is 0 Å². The Labute approximate surface area is 130 Å². The molecule has 0 aliphatic rings. The van der Waals surface area contributed by atoms with Crippen LogP contribution in [0.3, 0.4) is 0 Å². The molecule has 0 aromatic heterocycles. The lowest BCUT2D eigenvalue weighted by atomic mass is 10.1. The van der Waals surface area contributed by atoms with Crippen molar-refractivity contribution < 1.29 is 22.7 Å². The Kier molecular flexibility index (Phi) is 5.35. The number of hydrogen-bond donors (Lipinski definition) is 1. The Morgan fingerprint density at radius 3 is 1.91 bits per heavy atom. The summed E-state index contributed by atoms with van der Waals surface area (Å²) in [5, 5.41) is -0.711. The second kappa shape index (κ2) is 6.48. The van der Waals surface area contributed by atoms with Crippen molar-refractivity contribution in [3.05, 3.63) is 35.4 Å². The van der Waals surface area contributed by atoms with E-state index in [0.29, 0.717) is 0 Å². The van der Waals surface area contributed by atoms with E-state index in [4.69, 9.17) is 4.74 Å². The molecule has 0 heterocycles. The Morgan fingerprint density at radius 2 is 1.50 bits per heavy atom. The number of carbonyl (C=O) groups is 2. The number of carbonyl (C=O) groups excluding carboxylic acids is 2. The molecule has 0 aliphatic carbocycles. The zero-order valence-electron chi connectivity index (χ0n) is 13.3. The van der Waals surface area contributed by atoms with Crippen LogP contribution in [0.25, 0.3) is 0 Å². The molecule has 0 atom stereocenters. The first-order valence-electron chi connectivity index (χ1n) is 6.82. The van der Waals surface area contributed by atoms with Crippen molar-refractivity contribution in [1.82, 2.24) is 4.72 Å². The van der Waals surface area contributed by atoms with E-state index in [2.05, 4.69) is 0 Å². The van der Waals surface area contributed by atoms with Crippen LogP contribution < -0.4 is 4.72 Å². The number of nitrogens with one attached hydrogen (secondary N) is 1. The Morgan fingerprint density at radius 1 is 1.05 bits per heavy atom. The maximum absolute atomic E-state index is 11.9. The highest BCUT2D eigenvalue weighted by Crippen LogP contribution is 2.13. The van der Waals surface area contributed by atoms with Gasteiger partial charge in [-0.1, -0.05) is 0 Å². The summed E-state index contributed by atoms with van der Waals surface area (Å²) in [7, 11) is -3.69. The molecule has 6 nitrogen and oxygen atoms in total. The zero-order chi connectivity index (χ0) is 17.1. The van der Waals surface area contributed by atoms with Gasteiger partial charge in [-0.3, -0.25) is 4.79 Å². The van der Waals surface area contributed by atoms with E-state index in [1.807, 2.05) is 4.72 Å². The van der Waals surface area contributed by atoms with Gasteiger partial charge in [-0.05, 0) is 58.9 Å². The standard InChI is InChI=1S/C15H21NO5S/c1-10(2)22(19,20)16-13(17)11-6-8-12(9-7-11)14(18)21-15(3,4)5/h6-10H,1-5H3,(H,16,17). The van der Waals surface area contributed by atoms with Crippen LogP contribution in [0.15, 0.2) is 24.3 Å². The van der Waals surface area contributed by atoms with E-state index >= 15 is 0 Å². The summed E-state index contributed by atoms with van der Waals surface area (Å²) in [6, 6.07) is 5.60. The number of rotatable bonds is 4. The maximum Gasteiger partial charge on any atom is 0.338 e. The molecule has 0 radical (unpaired) electrons. The van der Waals surface area contributed by atoms with Crippen LogP contribution in [0.4, 0.5) is 0 Å². The van der Waals surface area contributed by atoms with Gasteiger partial charge in [0, 0.05) is 5.56 Å². The van der Waals surface area contributed by atoms with Crippen molar-refractivity contribution in [3.8, 4) is 0 Å². The summed E-state index contributed by atoms with van der Waals surface area (Å²) in [4.78, 5) is 23.7. The summed E-state index contributed by atoms with van der Waals surface area (Å²) in [6.45, 7) is 8.21. The van der Waals surface area contributed by atoms with Crippen LogP contribution in [0.2, 0.25) is 0 Å². The molecule has 0 saturated heterocycles. The van der Waals surface area contributed by atoms with Gasteiger partial charge in [-0.15, -0.1) is 0 Å². The van der Waals surface area contributed by atoms with Gasteiger partial charge in [-0.25, -0.2) is 17.9 Å². The van der Waals surface area contributed by atoms with Crippen molar-refractivity contribution in [2.45, 2.75) is 45.5 Å². The average Bonchev–Trinajstić information content (AvgIpc) is 2.36. The Bertz CT molecular complexity index is 654. The van der Waals surface area contributed by atoms with Crippen molar-refractivity contribution >= 4 is 21.9 Å². The number of ether oxygens (including phenoxy) is 1. The van der Waals surface area contributed by atoms with Crippen molar-refractivity contribution in [1.29, 1.82) is 0 Å². The molecular weight excluding hydrogens is 306 g/mol. The maximum atomic E-state index is 11.9. The van der Waals surface area contributed by atoms with Crippen molar-refractivity contribution in [2.75, 3.05) is 0 Å². The summed E-state index contributed by atoms with van der Waals surface area (Å²) in [5.41, 5.74) is -0.173. The van der Waals surface area contributed by atoms with Crippen LogP contribution in [-0.2, 0) is 14.8 Å². The molecule has 0 bridgehead atoms. The normalized spacial score (nSPS) is 12.1. The number of esters is 1. The number of amides is 1. The third kappa shape index (κ3) is 5.14. The van der Waals surface area contributed by atoms with E-state index in [1.165, 1.54) is 38.1 Å². The molecule has 1 rings (SSSR count). The van der Waals surface area contributed by atoms with E-state index in [-0.39, 0.29) is 11.1 Å². The summed E-state index contributed by atoms with van der Waals surface area (Å²) in [5.74, 6) is -1.24. The molecule has 1 aromatic carbocycles. The summed E-state index contributed by atoms with van der Waals surface area (Å²) in [6.07, 6.45) is 0. The van der Waals surface area contributed by atoms with Gasteiger partial charge in [0.1, 0.15) is 5.60 Å². The van der Waals surface area contributed by atoms with Gasteiger partial charge in [0.15, 0.2) is 0 Å². The Balaban J connectivity index is 2.85. The van der Waals surface area contributed by atoms with E-state index in [0.717, 1.165) is 0 Å². The molecular formula is C15H21NO5S. The quantitative estimate of drug-likeness (QED) is 0.856. The van der Waals surface area contributed by atoms with Crippen LogP contribution in [0, 0.1) is 0 Å². The lowest BCUT2D eigenvalue weighted by molar-refractivity contribution is 0.00693. The smallest absolute Gasteiger partial charge is 0.338 e. The van der Waals surface area contributed by atoms with Crippen LogP contribution in [0.5, 0.6) is 0 Å². The highest BCUT2D eigenvalue weighted by molar-refractivity contribution is 7.90. The molecule has 1 aromatic rings. The second-order valence-corrected chi connectivity index (χ2v) is 8.34. The van der Waals surface area contributed by atoms with Gasteiger partial charge in [0.05, 0.1) is 10.8 Å². The Hall–Kier alpha value is -1.89. The van der Waals surface area contributed by atoms with Crippen LogP contribution in [-0.4, -0.2) is 31.1 Å². The minimum absolute atomic E-state index is 0.150. The van der Waals surface area contributed by atoms with Gasteiger partial charge >= 0.3 is 5.97 Å². The number of hydrogen-bond acceptors (Lipinski definition) is 5. The molecule has 22 heavy (non-hydrogen) atoms. The SMILES string of the molecule is CC(C)S(=O)(=O)NC(=O)c1ccc(C(=O)OC(C)(C)C)cc1. The van der Waals surface area contributed by atoms with Gasteiger partial charge in [-0.2, -0.15) is 0 Å². The number of sulfonamides is 1. The lowest BCUT2D eigenvalue weighted by Gasteiger charge is -2.19. The van der Waals surface area contributed by atoms with E-state index in [1.54, 1.807) is 20.8 Å². The third-order valence-electron chi connectivity index (χ3n) is 2.64. The molecule has 7 heteroatoms. The fourth-order valence-electron chi connectivity index (χ4n) is 1.40. The van der Waals surface area contributed by atoms with Gasteiger partial charge in [0.25, 0.3) is 5.91 Å². The highest BCUT2D eigenvalue weighted by atomic mass is 32.2. The fraction of sp³-hybridized carbons (Fsp3) is 0.467. The fourth-order valence-corrected chi connectivity index (χ4v) is 2.01. The molecule has 0 saturated carbocycles. The highest BCUT2D eigenvalue weighted by Gasteiger charge is 2.21.